The summed E-state index contributed by atoms with van der Waals surface area (Å²) < 4.78 is 12.3. The van der Waals surface area contributed by atoms with E-state index in [0.717, 1.165) is 41.2 Å². The SMILES string of the molecule is CCOCCOC(=O)C(CC)n1c(CN2CCCC2)nc2sc(C)c(C)c2c1=O. The van der Waals surface area contributed by atoms with E-state index in [1.807, 2.05) is 27.7 Å². The third kappa shape index (κ3) is 4.70. The highest BCUT2D eigenvalue weighted by molar-refractivity contribution is 7.18. The predicted octanol–water partition coefficient (Wildman–Crippen LogP) is 3.20. The third-order valence-electron chi connectivity index (χ3n) is 5.52. The van der Waals surface area contributed by atoms with Gasteiger partial charge in [-0.05, 0) is 58.7 Å². The fourth-order valence-electron chi connectivity index (χ4n) is 3.82. The van der Waals surface area contributed by atoms with Gasteiger partial charge in [0, 0.05) is 11.5 Å². The second-order valence-corrected chi connectivity index (χ2v) is 8.64. The number of thiophene rings is 1. The first-order chi connectivity index (χ1) is 14.0. The second-order valence-electron chi connectivity index (χ2n) is 7.44. The normalized spacial score (nSPS) is 15.9. The molecular weight excluding hydrogens is 390 g/mol. The number of rotatable bonds is 9. The molecule has 0 bridgehead atoms. The van der Waals surface area contributed by atoms with Crippen LogP contribution in [0.3, 0.4) is 0 Å². The monoisotopic (exact) mass is 421 g/mol. The van der Waals surface area contributed by atoms with E-state index in [1.54, 1.807) is 15.9 Å². The minimum Gasteiger partial charge on any atom is -0.462 e. The van der Waals surface area contributed by atoms with Crippen molar-refractivity contribution in [3.63, 3.8) is 0 Å². The molecule has 0 spiro atoms. The molecule has 3 heterocycles. The van der Waals surface area contributed by atoms with E-state index >= 15 is 0 Å². The smallest absolute Gasteiger partial charge is 0.329 e. The van der Waals surface area contributed by atoms with E-state index in [4.69, 9.17) is 14.5 Å². The summed E-state index contributed by atoms with van der Waals surface area (Å²) in [5.41, 5.74) is 0.809. The highest BCUT2D eigenvalue weighted by Gasteiger charge is 2.28. The lowest BCUT2D eigenvalue weighted by Crippen LogP contribution is -2.36. The second kappa shape index (κ2) is 9.82. The van der Waals surface area contributed by atoms with Crippen LogP contribution in [0.25, 0.3) is 10.2 Å². The molecule has 0 amide bonds. The summed E-state index contributed by atoms with van der Waals surface area (Å²) in [6.45, 7) is 11.4. The summed E-state index contributed by atoms with van der Waals surface area (Å²) in [7, 11) is 0. The quantitative estimate of drug-likeness (QED) is 0.457. The largest absolute Gasteiger partial charge is 0.462 e. The van der Waals surface area contributed by atoms with Gasteiger partial charge in [0.2, 0.25) is 0 Å². The maximum Gasteiger partial charge on any atom is 0.329 e. The van der Waals surface area contributed by atoms with Crippen molar-refractivity contribution in [3.05, 3.63) is 26.6 Å². The Kier molecular flexibility index (Phi) is 7.43. The van der Waals surface area contributed by atoms with Gasteiger partial charge in [0.15, 0.2) is 0 Å². The summed E-state index contributed by atoms with van der Waals surface area (Å²) >= 11 is 1.55. The van der Waals surface area contributed by atoms with Crippen LogP contribution in [0.1, 0.15) is 55.4 Å². The highest BCUT2D eigenvalue weighted by Crippen LogP contribution is 2.28. The van der Waals surface area contributed by atoms with Gasteiger partial charge in [-0.3, -0.25) is 14.3 Å². The summed E-state index contributed by atoms with van der Waals surface area (Å²) in [4.78, 5) is 35.3. The van der Waals surface area contributed by atoms with Crippen LogP contribution in [0.2, 0.25) is 0 Å². The van der Waals surface area contributed by atoms with Crippen molar-refractivity contribution in [2.24, 2.45) is 0 Å². The summed E-state index contributed by atoms with van der Waals surface area (Å²) in [5, 5.41) is 0.623. The Hall–Kier alpha value is -1.77. The van der Waals surface area contributed by atoms with E-state index in [9.17, 15) is 9.59 Å². The number of aromatic nitrogens is 2. The molecule has 1 fully saturated rings. The summed E-state index contributed by atoms with van der Waals surface area (Å²) in [6.07, 6.45) is 2.77. The minimum atomic E-state index is -0.682. The number of carbonyl (C=O) groups is 1. The zero-order valence-electron chi connectivity index (χ0n) is 17.8. The molecule has 0 N–H and O–H groups in total. The first-order valence-corrected chi connectivity index (χ1v) is 11.3. The standard InChI is InChI=1S/C21H31N3O4S/c1-5-16(21(26)28-12-11-27-6-2)24-17(13-23-9-7-8-10-23)22-19-18(20(24)25)14(3)15(4)29-19/h16H,5-13H2,1-4H3. The average Bonchev–Trinajstić information content (AvgIpc) is 3.30. The van der Waals surface area contributed by atoms with Crippen molar-refractivity contribution >= 4 is 27.5 Å². The molecule has 1 atom stereocenters. The van der Waals surface area contributed by atoms with E-state index in [1.165, 1.54) is 0 Å². The van der Waals surface area contributed by atoms with Crippen LogP contribution in [0.5, 0.6) is 0 Å². The molecule has 7 nitrogen and oxygen atoms in total. The molecule has 29 heavy (non-hydrogen) atoms. The maximum atomic E-state index is 13.5. The Morgan fingerprint density at radius 3 is 2.59 bits per heavy atom. The fourth-order valence-corrected chi connectivity index (χ4v) is 4.86. The lowest BCUT2D eigenvalue weighted by atomic mass is 10.1. The number of fused-ring (bicyclic) bond motifs is 1. The van der Waals surface area contributed by atoms with Gasteiger partial charge in [0.05, 0.1) is 18.5 Å². The Labute approximate surface area is 175 Å². The first kappa shape index (κ1) is 21.9. The molecule has 1 aliphatic heterocycles. The number of esters is 1. The lowest BCUT2D eigenvalue weighted by molar-refractivity contribution is -0.149. The molecule has 0 aliphatic carbocycles. The van der Waals surface area contributed by atoms with E-state index in [0.29, 0.717) is 37.4 Å². The van der Waals surface area contributed by atoms with Crippen molar-refractivity contribution in [1.82, 2.24) is 14.5 Å². The van der Waals surface area contributed by atoms with Crippen LogP contribution in [0.15, 0.2) is 4.79 Å². The van der Waals surface area contributed by atoms with E-state index < -0.39 is 12.0 Å². The van der Waals surface area contributed by atoms with Gasteiger partial charge >= 0.3 is 5.97 Å². The van der Waals surface area contributed by atoms with Crippen molar-refractivity contribution in [1.29, 1.82) is 0 Å². The molecule has 3 rings (SSSR count). The first-order valence-electron chi connectivity index (χ1n) is 10.5. The predicted molar refractivity (Wildman–Crippen MR) is 115 cm³/mol. The van der Waals surface area contributed by atoms with Gasteiger partial charge in [0.1, 0.15) is 23.3 Å². The van der Waals surface area contributed by atoms with Crippen LogP contribution in [-0.4, -0.2) is 53.3 Å². The third-order valence-corrected chi connectivity index (χ3v) is 6.62. The number of ether oxygens (including phenoxy) is 2. The Morgan fingerprint density at radius 2 is 1.93 bits per heavy atom. The average molecular weight is 422 g/mol. The van der Waals surface area contributed by atoms with Gasteiger partial charge in [-0.1, -0.05) is 6.92 Å². The molecule has 8 heteroatoms. The van der Waals surface area contributed by atoms with E-state index in [-0.39, 0.29) is 12.2 Å². The fraction of sp³-hybridized carbons (Fsp3) is 0.667. The molecule has 0 aromatic carbocycles. The van der Waals surface area contributed by atoms with Crippen LogP contribution in [0, 0.1) is 13.8 Å². The minimum absolute atomic E-state index is 0.139. The Morgan fingerprint density at radius 1 is 1.21 bits per heavy atom. The van der Waals surface area contributed by atoms with Gasteiger partial charge in [-0.15, -0.1) is 11.3 Å². The zero-order chi connectivity index (χ0) is 21.0. The van der Waals surface area contributed by atoms with Crippen molar-refractivity contribution in [2.45, 2.75) is 59.5 Å². The van der Waals surface area contributed by atoms with Crippen molar-refractivity contribution in [3.8, 4) is 0 Å². The maximum absolute atomic E-state index is 13.5. The summed E-state index contributed by atoms with van der Waals surface area (Å²) in [5.74, 6) is 0.252. The van der Waals surface area contributed by atoms with Crippen LogP contribution in [-0.2, 0) is 20.8 Å². The molecule has 1 aliphatic rings. The number of hydrogen-bond acceptors (Lipinski definition) is 7. The lowest BCUT2D eigenvalue weighted by Gasteiger charge is -2.23. The molecule has 0 saturated carbocycles. The number of nitrogens with zero attached hydrogens (tertiary/aromatic N) is 3. The molecule has 2 aromatic rings. The van der Waals surface area contributed by atoms with Gasteiger partial charge in [-0.25, -0.2) is 9.78 Å². The van der Waals surface area contributed by atoms with Crippen molar-refractivity contribution in [2.75, 3.05) is 32.9 Å². The topological polar surface area (TPSA) is 73.7 Å². The van der Waals surface area contributed by atoms with E-state index in [2.05, 4.69) is 4.90 Å². The van der Waals surface area contributed by atoms with Crippen LogP contribution in [0.4, 0.5) is 0 Å². The Bertz CT molecular complexity index is 915. The number of likely N-dealkylation sites (tertiary alicyclic amines) is 1. The number of aryl methyl sites for hydroxylation is 2. The number of hydrogen-bond donors (Lipinski definition) is 0. The van der Waals surface area contributed by atoms with Crippen LogP contribution >= 0.6 is 11.3 Å². The van der Waals surface area contributed by atoms with Crippen molar-refractivity contribution < 1.29 is 14.3 Å². The molecule has 1 saturated heterocycles. The van der Waals surface area contributed by atoms with Gasteiger partial charge in [0.25, 0.3) is 5.56 Å². The molecule has 0 radical (unpaired) electrons. The molecule has 2 aromatic heterocycles. The highest BCUT2D eigenvalue weighted by atomic mass is 32.1. The zero-order valence-corrected chi connectivity index (χ0v) is 18.6. The van der Waals surface area contributed by atoms with Crippen LogP contribution < -0.4 is 5.56 Å². The molecule has 1 unspecified atom stereocenters. The summed E-state index contributed by atoms with van der Waals surface area (Å²) in [6, 6.07) is -0.682. The van der Waals surface area contributed by atoms with Gasteiger partial charge < -0.3 is 9.47 Å². The van der Waals surface area contributed by atoms with Gasteiger partial charge in [-0.2, -0.15) is 0 Å². The molecular formula is C21H31N3O4S. The Balaban J connectivity index is 2.01. The molecule has 160 valence electrons. The number of carbonyl (C=O) groups excluding carboxylic acids is 1.